The Kier molecular flexibility index (Phi) is 10.1. The van der Waals surface area contributed by atoms with Gasteiger partial charge in [-0.25, -0.2) is 4.98 Å². The molecule has 0 aliphatic carbocycles. The van der Waals surface area contributed by atoms with E-state index < -0.39 is 0 Å². The standard InChI is InChI=1S/C16H25BrN6O.HI/c1-4-5-6-7-19-15(18-2)22-8-10-23(11-9-22)16-20-12-13(17)14(21-16)24-3;/h4-5,12H,6-11H2,1-3H3,(H,18,19);1H/b5-4+;. The van der Waals surface area contributed by atoms with Crippen LogP contribution in [0.4, 0.5) is 5.95 Å². The number of guanidine groups is 1. The fraction of sp³-hybridized carbons (Fsp3) is 0.562. The predicted molar refractivity (Wildman–Crippen MR) is 116 cm³/mol. The van der Waals surface area contributed by atoms with Crippen molar-refractivity contribution in [3.63, 3.8) is 0 Å². The zero-order valence-corrected chi connectivity index (χ0v) is 18.8. The largest absolute Gasteiger partial charge is 0.480 e. The molecular weight excluding hydrogens is 499 g/mol. The first-order valence-corrected chi connectivity index (χ1v) is 8.87. The zero-order chi connectivity index (χ0) is 17.4. The van der Waals surface area contributed by atoms with Gasteiger partial charge in [0, 0.05) is 39.8 Å². The van der Waals surface area contributed by atoms with Crippen molar-refractivity contribution in [1.29, 1.82) is 0 Å². The smallest absolute Gasteiger partial charge is 0.232 e. The molecule has 1 saturated heterocycles. The minimum absolute atomic E-state index is 0. The van der Waals surface area contributed by atoms with Gasteiger partial charge in [-0.2, -0.15) is 4.98 Å². The molecule has 25 heavy (non-hydrogen) atoms. The number of halogens is 2. The van der Waals surface area contributed by atoms with E-state index in [0.29, 0.717) is 11.8 Å². The van der Waals surface area contributed by atoms with Gasteiger partial charge < -0.3 is 19.9 Å². The number of anilines is 1. The topological polar surface area (TPSA) is 65.9 Å². The van der Waals surface area contributed by atoms with Crippen LogP contribution in [0.2, 0.25) is 0 Å². The summed E-state index contributed by atoms with van der Waals surface area (Å²) in [6, 6.07) is 0. The van der Waals surface area contributed by atoms with Gasteiger partial charge in [-0.05, 0) is 29.3 Å². The van der Waals surface area contributed by atoms with E-state index in [4.69, 9.17) is 4.74 Å². The normalized spacial score (nSPS) is 15.3. The van der Waals surface area contributed by atoms with Gasteiger partial charge in [0.15, 0.2) is 5.96 Å². The van der Waals surface area contributed by atoms with Crippen molar-refractivity contribution in [3.05, 3.63) is 22.8 Å². The quantitative estimate of drug-likeness (QED) is 0.210. The summed E-state index contributed by atoms with van der Waals surface area (Å²) in [5, 5.41) is 3.40. The first kappa shape index (κ1) is 21.9. The lowest BCUT2D eigenvalue weighted by Gasteiger charge is -2.36. The summed E-state index contributed by atoms with van der Waals surface area (Å²) in [4.78, 5) is 17.6. The van der Waals surface area contributed by atoms with E-state index in [0.717, 1.165) is 49.6 Å². The van der Waals surface area contributed by atoms with Crippen molar-refractivity contribution in [2.45, 2.75) is 13.3 Å². The Morgan fingerprint density at radius 1 is 1.40 bits per heavy atom. The van der Waals surface area contributed by atoms with E-state index in [-0.39, 0.29) is 24.0 Å². The minimum atomic E-state index is 0. The average Bonchev–Trinajstić information content (AvgIpc) is 2.62. The van der Waals surface area contributed by atoms with Crippen LogP contribution in [0.3, 0.4) is 0 Å². The Morgan fingerprint density at radius 2 is 2.12 bits per heavy atom. The molecule has 1 fully saturated rings. The highest BCUT2D eigenvalue weighted by Gasteiger charge is 2.21. The zero-order valence-electron chi connectivity index (χ0n) is 14.9. The van der Waals surface area contributed by atoms with Crippen LogP contribution >= 0.6 is 39.9 Å². The number of rotatable bonds is 5. The number of methoxy groups -OCH3 is 1. The van der Waals surface area contributed by atoms with Gasteiger partial charge >= 0.3 is 0 Å². The highest BCUT2D eigenvalue weighted by molar-refractivity contribution is 14.0. The lowest BCUT2D eigenvalue weighted by molar-refractivity contribution is 0.366. The Bertz CT molecular complexity index is 590. The van der Waals surface area contributed by atoms with Gasteiger partial charge in [0.25, 0.3) is 0 Å². The van der Waals surface area contributed by atoms with E-state index in [1.165, 1.54) is 0 Å². The highest BCUT2D eigenvalue weighted by atomic mass is 127. The Balaban J connectivity index is 0.00000312. The summed E-state index contributed by atoms with van der Waals surface area (Å²) in [6.07, 6.45) is 6.95. The minimum Gasteiger partial charge on any atom is -0.480 e. The lowest BCUT2D eigenvalue weighted by Crippen LogP contribution is -2.53. The molecule has 0 saturated carbocycles. The van der Waals surface area contributed by atoms with Crippen LogP contribution in [0.1, 0.15) is 13.3 Å². The van der Waals surface area contributed by atoms with Crippen LogP contribution in [0, 0.1) is 0 Å². The van der Waals surface area contributed by atoms with Crippen LogP contribution in [0.15, 0.2) is 27.8 Å². The van der Waals surface area contributed by atoms with Gasteiger partial charge in [-0.15, -0.1) is 24.0 Å². The molecule has 1 aliphatic heterocycles. The van der Waals surface area contributed by atoms with Crippen molar-refractivity contribution in [3.8, 4) is 5.88 Å². The summed E-state index contributed by atoms with van der Waals surface area (Å²) in [6.45, 7) is 6.38. The molecule has 0 aromatic carbocycles. The van der Waals surface area contributed by atoms with Crippen LogP contribution in [-0.4, -0.2) is 67.7 Å². The number of hydrogen-bond acceptors (Lipinski definition) is 5. The van der Waals surface area contributed by atoms with Crippen molar-refractivity contribution in [1.82, 2.24) is 20.2 Å². The number of nitrogens with zero attached hydrogens (tertiary/aromatic N) is 5. The number of hydrogen-bond donors (Lipinski definition) is 1. The molecule has 140 valence electrons. The van der Waals surface area contributed by atoms with Crippen molar-refractivity contribution >= 4 is 51.8 Å². The molecule has 0 spiro atoms. The fourth-order valence-electron chi connectivity index (χ4n) is 2.52. The summed E-state index contributed by atoms with van der Waals surface area (Å²) < 4.78 is 6.01. The molecule has 0 bridgehead atoms. The molecular formula is C16H26BrIN6O. The Morgan fingerprint density at radius 3 is 2.72 bits per heavy atom. The third-order valence-electron chi connectivity index (χ3n) is 3.80. The molecule has 1 aliphatic rings. The molecule has 7 nitrogen and oxygen atoms in total. The fourth-order valence-corrected chi connectivity index (χ4v) is 2.88. The van der Waals surface area contributed by atoms with E-state index in [9.17, 15) is 0 Å². The first-order chi connectivity index (χ1) is 11.7. The van der Waals surface area contributed by atoms with Crippen LogP contribution < -0.4 is 15.0 Å². The number of aromatic nitrogens is 2. The number of aliphatic imine (C=N–C) groups is 1. The number of nitrogens with one attached hydrogen (secondary N) is 1. The third-order valence-corrected chi connectivity index (χ3v) is 4.34. The molecule has 1 aromatic heterocycles. The summed E-state index contributed by atoms with van der Waals surface area (Å²) in [7, 11) is 3.44. The van der Waals surface area contributed by atoms with Gasteiger partial charge in [-0.1, -0.05) is 12.2 Å². The van der Waals surface area contributed by atoms with Gasteiger partial charge in [0.1, 0.15) is 0 Å². The average molecular weight is 525 g/mol. The highest BCUT2D eigenvalue weighted by Crippen LogP contribution is 2.23. The second kappa shape index (κ2) is 11.5. The maximum absolute atomic E-state index is 5.25. The summed E-state index contributed by atoms with van der Waals surface area (Å²) in [5.74, 6) is 2.21. The Labute approximate surface area is 175 Å². The summed E-state index contributed by atoms with van der Waals surface area (Å²) >= 11 is 3.38. The second-order valence-corrected chi connectivity index (χ2v) is 6.19. The molecule has 0 radical (unpaired) electrons. The molecule has 1 N–H and O–H groups in total. The maximum Gasteiger partial charge on any atom is 0.232 e. The van der Waals surface area contributed by atoms with Crippen molar-refractivity contribution < 1.29 is 4.74 Å². The first-order valence-electron chi connectivity index (χ1n) is 8.07. The number of allylic oxidation sites excluding steroid dienone is 1. The molecule has 9 heteroatoms. The van der Waals surface area contributed by atoms with Crippen LogP contribution in [0.5, 0.6) is 5.88 Å². The predicted octanol–water partition coefficient (Wildman–Crippen LogP) is 2.53. The lowest BCUT2D eigenvalue weighted by atomic mass is 10.3. The second-order valence-electron chi connectivity index (χ2n) is 5.33. The van der Waals surface area contributed by atoms with Gasteiger partial charge in [0.05, 0.1) is 17.8 Å². The molecule has 0 amide bonds. The van der Waals surface area contributed by atoms with Gasteiger partial charge in [-0.3, -0.25) is 4.99 Å². The number of piperazine rings is 1. The summed E-state index contributed by atoms with van der Waals surface area (Å²) in [5.41, 5.74) is 0. The van der Waals surface area contributed by atoms with Gasteiger partial charge in [0.2, 0.25) is 11.8 Å². The van der Waals surface area contributed by atoms with Crippen molar-refractivity contribution in [2.24, 2.45) is 4.99 Å². The van der Waals surface area contributed by atoms with E-state index in [2.05, 4.69) is 58.2 Å². The Hall–Kier alpha value is -1.10. The number of ether oxygens (including phenoxy) is 1. The molecule has 1 aromatic rings. The third kappa shape index (κ3) is 6.28. The van der Waals surface area contributed by atoms with Crippen LogP contribution in [-0.2, 0) is 0 Å². The molecule has 2 heterocycles. The molecule has 0 unspecified atom stereocenters. The maximum atomic E-state index is 5.25. The van der Waals surface area contributed by atoms with E-state index >= 15 is 0 Å². The molecule has 0 atom stereocenters. The molecule has 2 rings (SSSR count). The van der Waals surface area contributed by atoms with E-state index in [1.54, 1.807) is 13.3 Å². The van der Waals surface area contributed by atoms with E-state index in [1.807, 2.05) is 14.0 Å². The van der Waals surface area contributed by atoms with Crippen LogP contribution in [0.25, 0.3) is 0 Å². The SMILES string of the molecule is C/C=C/CCNC(=NC)N1CCN(c2ncc(Br)c(OC)n2)CC1.I. The van der Waals surface area contributed by atoms with Crippen molar-refractivity contribution in [2.75, 3.05) is 51.8 Å². The monoisotopic (exact) mass is 524 g/mol.